The molecule has 0 atom stereocenters. The van der Waals surface area contributed by atoms with E-state index in [0.717, 1.165) is 41.1 Å². The number of hydrogen-bond donors (Lipinski definition) is 2. The van der Waals surface area contributed by atoms with Crippen LogP contribution >= 0.6 is 0 Å². The highest BCUT2D eigenvalue weighted by Crippen LogP contribution is 2.20. The molecule has 7 nitrogen and oxygen atoms in total. The average molecular weight is 449 g/mol. The van der Waals surface area contributed by atoms with Crippen molar-refractivity contribution in [3.05, 3.63) is 114 Å². The molecule has 0 saturated carbocycles. The summed E-state index contributed by atoms with van der Waals surface area (Å²) in [5, 5.41) is 11.7. The smallest absolute Gasteiger partial charge is 0.255 e. The number of nitrogens with one attached hydrogen (secondary N) is 2. The third-order valence-electron chi connectivity index (χ3n) is 5.57. The molecule has 2 aromatic heterocycles. The molecule has 0 unspecified atom stereocenters. The second kappa shape index (κ2) is 9.95. The molecule has 7 heteroatoms. The first kappa shape index (κ1) is 21.3. The highest BCUT2D eigenvalue weighted by atomic mass is 16.1. The van der Waals surface area contributed by atoms with Crippen LogP contribution in [0.5, 0.6) is 0 Å². The number of carbonyl (C=O) groups excluding carboxylic acids is 1. The molecule has 2 heterocycles. The Morgan fingerprint density at radius 3 is 2.44 bits per heavy atom. The molecule has 0 bridgehead atoms. The second-order valence-electron chi connectivity index (χ2n) is 7.94. The van der Waals surface area contributed by atoms with Gasteiger partial charge in [-0.2, -0.15) is 5.10 Å². The Balaban J connectivity index is 1.26. The van der Waals surface area contributed by atoms with Crippen molar-refractivity contribution in [2.75, 3.05) is 10.6 Å². The van der Waals surface area contributed by atoms with E-state index in [-0.39, 0.29) is 5.91 Å². The van der Waals surface area contributed by atoms with E-state index in [1.54, 1.807) is 24.7 Å². The minimum absolute atomic E-state index is 0.133. The van der Waals surface area contributed by atoms with E-state index in [1.807, 2.05) is 65.3 Å². The van der Waals surface area contributed by atoms with Gasteiger partial charge in [-0.05, 0) is 41.8 Å². The van der Waals surface area contributed by atoms with Crippen molar-refractivity contribution in [3.8, 4) is 0 Å². The van der Waals surface area contributed by atoms with E-state index in [4.69, 9.17) is 0 Å². The van der Waals surface area contributed by atoms with E-state index in [0.29, 0.717) is 12.1 Å². The first-order valence-corrected chi connectivity index (χ1v) is 11.2. The van der Waals surface area contributed by atoms with E-state index in [1.165, 1.54) is 5.56 Å². The first-order chi connectivity index (χ1) is 16.8. The van der Waals surface area contributed by atoms with Crippen molar-refractivity contribution in [2.45, 2.75) is 19.5 Å². The third-order valence-corrected chi connectivity index (χ3v) is 5.57. The summed E-state index contributed by atoms with van der Waals surface area (Å²) in [4.78, 5) is 21.3. The summed E-state index contributed by atoms with van der Waals surface area (Å²) in [7, 11) is 0. The Bertz CT molecular complexity index is 1400. The fourth-order valence-corrected chi connectivity index (χ4v) is 3.81. The minimum Gasteiger partial charge on any atom is -0.365 e. The monoisotopic (exact) mass is 448 g/mol. The topological polar surface area (TPSA) is 84.7 Å². The Kier molecular flexibility index (Phi) is 6.25. The Morgan fingerprint density at radius 2 is 1.62 bits per heavy atom. The highest BCUT2D eigenvalue weighted by molar-refractivity contribution is 6.04. The second-order valence-corrected chi connectivity index (χ2v) is 7.94. The van der Waals surface area contributed by atoms with Gasteiger partial charge in [0.25, 0.3) is 5.91 Å². The lowest BCUT2D eigenvalue weighted by Gasteiger charge is -2.10. The van der Waals surface area contributed by atoms with E-state index >= 15 is 0 Å². The molecule has 0 radical (unpaired) electrons. The van der Waals surface area contributed by atoms with Crippen LogP contribution in [0, 0.1) is 0 Å². The van der Waals surface area contributed by atoms with Gasteiger partial charge in [-0.1, -0.05) is 60.7 Å². The largest absolute Gasteiger partial charge is 0.365 e. The van der Waals surface area contributed by atoms with Crippen molar-refractivity contribution < 1.29 is 4.79 Å². The standard InChI is InChI=1S/C27H24N6O/c34-27(22-11-5-2-6-12-22)32-23-13-7-10-21(16-23)17-28-25-24-18-31-33(26(24)30-19-29-25)15-14-20-8-3-1-4-9-20/h1-13,16,18-19H,14-15,17H2,(H,32,34)(H,28,29,30). The number of fused-ring (bicyclic) bond motifs is 1. The van der Waals surface area contributed by atoms with Gasteiger partial charge in [0.05, 0.1) is 11.6 Å². The maximum Gasteiger partial charge on any atom is 0.255 e. The van der Waals surface area contributed by atoms with Gasteiger partial charge in [0.15, 0.2) is 5.65 Å². The predicted molar refractivity (Wildman–Crippen MR) is 134 cm³/mol. The van der Waals surface area contributed by atoms with Crippen molar-refractivity contribution in [3.63, 3.8) is 0 Å². The lowest BCUT2D eigenvalue weighted by atomic mass is 10.1. The molecule has 168 valence electrons. The van der Waals surface area contributed by atoms with Gasteiger partial charge >= 0.3 is 0 Å². The minimum atomic E-state index is -0.133. The quantitative estimate of drug-likeness (QED) is 0.351. The average Bonchev–Trinajstić information content (AvgIpc) is 3.31. The van der Waals surface area contributed by atoms with Crippen LogP contribution in [0.2, 0.25) is 0 Å². The number of amides is 1. The summed E-state index contributed by atoms with van der Waals surface area (Å²) >= 11 is 0. The molecule has 0 fully saturated rings. The summed E-state index contributed by atoms with van der Waals surface area (Å²) < 4.78 is 1.91. The molecule has 0 aliphatic heterocycles. The number of rotatable bonds is 8. The lowest BCUT2D eigenvalue weighted by Crippen LogP contribution is -2.12. The van der Waals surface area contributed by atoms with Gasteiger partial charge in [-0.15, -0.1) is 0 Å². The first-order valence-electron chi connectivity index (χ1n) is 11.2. The zero-order valence-electron chi connectivity index (χ0n) is 18.6. The van der Waals surface area contributed by atoms with Crippen LogP contribution in [0.4, 0.5) is 11.5 Å². The van der Waals surface area contributed by atoms with Crippen molar-refractivity contribution in [1.29, 1.82) is 0 Å². The SMILES string of the molecule is O=C(Nc1cccc(CNc2ncnc3c2cnn3CCc2ccccc2)c1)c1ccccc1. The Hall–Kier alpha value is -4.52. The van der Waals surface area contributed by atoms with Crippen LogP contribution in [0.3, 0.4) is 0 Å². The maximum atomic E-state index is 12.4. The van der Waals surface area contributed by atoms with Crippen LogP contribution in [0.25, 0.3) is 11.0 Å². The third kappa shape index (κ3) is 4.94. The number of hydrogen-bond acceptors (Lipinski definition) is 5. The molecular weight excluding hydrogens is 424 g/mol. The molecule has 0 spiro atoms. The van der Waals surface area contributed by atoms with Crippen LogP contribution in [-0.4, -0.2) is 25.7 Å². The van der Waals surface area contributed by atoms with Crippen molar-refractivity contribution in [2.24, 2.45) is 0 Å². The van der Waals surface area contributed by atoms with Gasteiger partial charge in [0.1, 0.15) is 12.1 Å². The molecule has 34 heavy (non-hydrogen) atoms. The molecular formula is C27H24N6O. The number of nitrogens with zero attached hydrogens (tertiary/aromatic N) is 4. The number of anilines is 2. The van der Waals surface area contributed by atoms with Crippen LogP contribution < -0.4 is 10.6 Å². The maximum absolute atomic E-state index is 12.4. The zero-order chi connectivity index (χ0) is 23.2. The van der Waals surface area contributed by atoms with E-state index < -0.39 is 0 Å². The summed E-state index contributed by atoms with van der Waals surface area (Å²) in [6.07, 6.45) is 4.24. The molecule has 0 aliphatic rings. The Morgan fingerprint density at radius 1 is 0.853 bits per heavy atom. The van der Waals surface area contributed by atoms with E-state index in [2.05, 4.69) is 37.8 Å². The van der Waals surface area contributed by atoms with Crippen molar-refractivity contribution >= 4 is 28.4 Å². The van der Waals surface area contributed by atoms with Crippen LogP contribution in [0.1, 0.15) is 21.5 Å². The summed E-state index contributed by atoms with van der Waals surface area (Å²) in [6, 6.07) is 27.3. The zero-order valence-corrected chi connectivity index (χ0v) is 18.6. The van der Waals surface area contributed by atoms with Gasteiger partial charge in [-0.3, -0.25) is 4.79 Å². The fourth-order valence-electron chi connectivity index (χ4n) is 3.81. The normalized spacial score (nSPS) is 10.8. The molecule has 3 aromatic carbocycles. The van der Waals surface area contributed by atoms with Crippen LogP contribution in [0.15, 0.2) is 97.5 Å². The van der Waals surface area contributed by atoms with Crippen LogP contribution in [-0.2, 0) is 19.5 Å². The number of aromatic nitrogens is 4. The van der Waals surface area contributed by atoms with Gasteiger partial charge in [0.2, 0.25) is 0 Å². The molecule has 5 aromatic rings. The Labute approximate surface area is 197 Å². The molecule has 2 N–H and O–H groups in total. The van der Waals surface area contributed by atoms with E-state index in [9.17, 15) is 4.79 Å². The molecule has 1 amide bonds. The summed E-state index contributed by atoms with van der Waals surface area (Å²) in [5.74, 6) is 0.598. The van der Waals surface area contributed by atoms with Crippen molar-refractivity contribution in [1.82, 2.24) is 19.7 Å². The van der Waals surface area contributed by atoms with Gasteiger partial charge in [-0.25, -0.2) is 14.6 Å². The highest BCUT2D eigenvalue weighted by Gasteiger charge is 2.10. The molecule has 5 rings (SSSR count). The summed E-state index contributed by atoms with van der Waals surface area (Å²) in [6.45, 7) is 1.30. The lowest BCUT2D eigenvalue weighted by molar-refractivity contribution is 0.102. The molecule has 0 aliphatic carbocycles. The van der Waals surface area contributed by atoms with Gasteiger partial charge < -0.3 is 10.6 Å². The summed E-state index contributed by atoms with van der Waals surface area (Å²) in [5.41, 5.74) is 4.46. The van der Waals surface area contributed by atoms with Gasteiger partial charge in [0, 0.05) is 24.3 Å². The molecule has 0 saturated heterocycles. The predicted octanol–water partition coefficient (Wildman–Crippen LogP) is 4.93. The number of benzene rings is 3. The number of aryl methyl sites for hydroxylation is 2. The fraction of sp³-hybridized carbons (Fsp3) is 0.111. The number of carbonyl (C=O) groups is 1.